The summed E-state index contributed by atoms with van der Waals surface area (Å²) in [6.45, 7) is 1.10. The molecule has 0 radical (unpaired) electrons. The topological polar surface area (TPSA) is 30.5 Å². The number of benzene rings is 2. The van der Waals surface area contributed by atoms with Crippen LogP contribution in [0, 0.1) is 0 Å². The monoisotopic (exact) mass is 369 g/mol. The molecule has 0 amide bonds. The normalized spacial score (nSPS) is 10.5. The Kier molecular flexibility index (Phi) is 5.91. The third kappa shape index (κ3) is 4.13. The van der Waals surface area contributed by atoms with E-state index in [-0.39, 0.29) is 0 Å². The summed E-state index contributed by atoms with van der Waals surface area (Å²) >= 11 is 9.74. The van der Waals surface area contributed by atoms with E-state index in [1.54, 1.807) is 7.11 Å². The van der Waals surface area contributed by atoms with Gasteiger partial charge in [-0.3, -0.25) is 0 Å². The molecule has 0 aromatic heterocycles. The molecule has 0 aliphatic rings. The molecular weight excluding hydrogens is 354 g/mol. The van der Waals surface area contributed by atoms with Crippen molar-refractivity contribution in [3.8, 4) is 11.5 Å². The van der Waals surface area contributed by atoms with Crippen LogP contribution in [0.1, 0.15) is 11.1 Å². The zero-order valence-electron chi connectivity index (χ0n) is 12.0. The van der Waals surface area contributed by atoms with Crippen molar-refractivity contribution in [1.29, 1.82) is 0 Å². The number of hydrogen-bond donors (Lipinski definition) is 1. The molecule has 0 bridgehead atoms. The highest BCUT2D eigenvalue weighted by atomic mass is 79.9. The van der Waals surface area contributed by atoms with Crippen LogP contribution in [0.3, 0.4) is 0 Å². The lowest BCUT2D eigenvalue weighted by Gasteiger charge is -2.14. The Bertz CT molecular complexity index is 619. The van der Waals surface area contributed by atoms with Gasteiger partial charge >= 0.3 is 0 Å². The van der Waals surface area contributed by atoms with Crippen LogP contribution < -0.4 is 14.8 Å². The molecule has 0 unspecified atom stereocenters. The first kappa shape index (κ1) is 16.1. The van der Waals surface area contributed by atoms with Crippen molar-refractivity contribution in [3.63, 3.8) is 0 Å². The van der Waals surface area contributed by atoms with Crippen molar-refractivity contribution in [2.45, 2.75) is 13.2 Å². The molecule has 0 heterocycles. The van der Waals surface area contributed by atoms with E-state index >= 15 is 0 Å². The first-order valence-corrected chi connectivity index (χ1v) is 7.70. The summed E-state index contributed by atoms with van der Waals surface area (Å²) in [6.07, 6.45) is 0. The van der Waals surface area contributed by atoms with Crippen molar-refractivity contribution in [2.75, 3.05) is 14.2 Å². The molecule has 0 fully saturated rings. The second-order valence-corrected chi connectivity index (χ2v) is 5.75. The smallest absolute Gasteiger partial charge is 0.125 e. The van der Waals surface area contributed by atoms with Crippen LogP contribution in [0.15, 0.2) is 40.9 Å². The van der Waals surface area contributed by atoms with Crippen molar-refractivity contribution in [3.05, 3.63) is 57.0 Å². The molecule has 21 heavy (non-hydrogen) atoms. The molecule has 1 N–H and O–H groups in total. The summed E-state index contributed by atoms with van der Waals surface area (Å²) < 4.78 is 12.1. The molecular formula is C16H17BrClNO2. The van der Waals surface area contributed by atoms with Crippen molar-refractivity contribution in [1.82, 2.24) is 5.32 Å². The highest BCUT2D eigenvalue weighted by Crippen LogP contribution is 2.29. The third-order valence-electron chi connectivity index (χ3n) is 3.07. The number of methoxy groups -OCH3 is 1. The summed E-state index contributed by atoms with van der Waals surface area (Å²) in [7, 11) is 3.53. The van der Waals surface area contributed by atoms with Crippen molar-refractivity contribution < 1.29 is 9.47 Å². The molecule has 0 spiro atoms. The highest BCUT2D eigenvalue weighted by molar-refractivity contribution is 9.10. The van der Waals surface area contributed by atoms with Gasteiger partial charge < -0.3 is 14.8 Å². The van der Waals surface area contributed by atoms with Gasteiger partial charge in [0.25, 0.3) is 0 Å². The Labute approximate surface area is 138 Å². The predicted octanol–water partition coefficient (Wildman–Crippen LogP) is 4.41. The van der Waals surface area contributed by atoms with E-state index in [4.69, 9.17) is 21.1 Å². The number of hydrogen-bond acceptors (Lipinski definition) is 3. The fourth-order valence-corrected chi connectivity index (χ4v) is 2.56. The van der Waals surface area contributed by atoms with Gasteiger partial charge in [-0.05, 0) is 37.4 Å². The fraction of sp³-hybridized carbons (Fsp3) is 0.250. The average molecular weight is 371 g/mol. The zero-order valence-corrected chi connectivity index (χ0v) is 14.3. The first-order chi connectivity index (χ1) is 10.2. The zero-order chi connectivity index (χ0) is 15.2. The van der Waals surface area contributed by atoms with Gasteiger partial charge in [-0.15, -0.1) is 0 Å². The number of halogens is 2. The molecule has 2 aromatic carbocycles. The van der Waals surface area contributed by atoms with Gasteiger partial charge in [0.2, 0.25) is 0 Å². The van der Waals surface area contributed by atoms with Gasteiger partial charge in [0.05, 0.1) is 7.11 Å². The van der Waals surface area contributed by atoms with Crippen molar-refractivity contribution >= 4 is 27.5 Å². The molecule has 3 nitrogen and oxygen atoms in total. The summed E-state index contributed by atoms with van der Waals surface area (Å²) in [4.78, 5) is 0. The first-order valence-electron chi connectivity index (χ1n) is 6.53. The van der Waals surface area contributed by atoms with Gasteiger partial charge in [-0.1, -0.05) is 33.6 Å². The van der Waals surface area contributed by atoms with Crippen LogP contribution in [0.5, 0.6) is 11.5 Å². The molecule has 0 atom stereocenters. The number of nitrogens with one attached hydrogen (secondary N) is 1. The van der Waals surface area contributed by atoms with Crippen LogP contribution in [0.2, 0.25) is 5.02 Å². The second kappa shape index (κ2) is 7.69. The van der Waals surface area contributed by atoms with E-state index in [0.717, 1.165) is 27.1 Å². The van der Waals surface area contributed by atoms with E-state index in [1.807, 2.05) is 43.4 Å². The van der Waals surface area contributed by atoms with Gasteiger partial charge in [0, 0.05) is 27.2 Å². The van der Waals surface area contributed by atoms with Crippen molar-refractivity contribution in [2.24, 2.45) is 0 Å². The van der Waals surface area contributed by atoms with Crippen LogP contribution in [0.25, 0.3) is 0 Å². The lowest BCUT2D eigenvalue weighted by atomic mass is 10.2. The molecule has 0 saturated carbocycles. The van der Waals surface area contributed by atoms with E-state index in [9.17, 15) is 0 Å². The van der Waals surface area contributed by atoms with Gasteiger partial charge in [-0.2, -0.15) is 0 Å². The number of ether oxygens (including phenoxy) is 2. The molecule has 2 rings (SSSR count). The van der Waals surface area contributed by atoms with Gasteiger partial charge in [-0.25, -0.2) is 0 Å². The summed E-state index contributed by atoms with van der Waals surface area (Å²) in [5.74, 6) is 1.59. The number of rotatable bonds is 6. The molecule has 2 aromatic rings. The molecule has 0 aliphatic carbocycles. The summed E-state index contributed by atoms with van der Waals surface area (Å²) in [5.41, 5.74) is 1.98. The summed E-state index contributed by atoms with van der Waals surface area (Å²) in [5, 5.41) is 3.80. The maximum atomic E-state index is 6.22. The van der Waals surface area contributed by atoms with Crippen LogP contribution >= 0.6 is 27.5 Å². The minimum absolute atomic E-state index is 0.439. The van der Waals surface area contributed by atoms with E-state index in [2.05, 4.69) is 21.2 Å². The Hall–Kier alpha value is -1.23. The Morgan fingerprint density at radius 1 is 1.24 bits per heavy atom. The van der Waals surface area contributed by atoms with E-state index < -0.39 is 0 Å². The molecule has 5 heteroatoms. The van der Waals surface area contributed by atoms with Gasteiger partial charge in [0.15, 0.2) is 0 Å². The van der Waals surface area contributed by atoms with E-state index in [0.29, 0.717) is 18.2 Å². The maximum absolute atomic E-state index is 6.22. The van der Waals surface area contributed by atoms with Crippen LogP contribution in [0.4, 0.5) is 0 Å². The molecule has 112 valence electrons. The Morgan fingerprint density at radius 2 is 2.05 bits per heavy atom. The second-order valence-electron chi connectivity index (χ2n) is 4.49. The minimum Gasteiger partial charge on any atom is -0.497 e. The van der Waals surface area contributed by atoms with Crippen LogP contribution in [-0.2, 0) is 13.2 Å². The standard InChI is InChI=1S/C16H17BrClNO2/c1-19-9-13-15(18)4-3-5-16(13)21-10-11-8-12(20-2)6-7-14(11)17/h3-8,19H,9-10H2,1-2H3. The Balaban J connectivity index is 2.18. The third-order valence-corrected chi connectivity index (χ3v) is 4.19. The molecule has 0 aliphatic heterocycles. The Morgan fingerprint density at radius 3 is 2.76 bits per heavy atom. The average Bonchev–Trinajstić information content (AvgIpc) is 2.49. The predicted molar refractivity (Wildman–Crippen MR) is 89.2 cm³/mol. The summed E-state index contributed by atoms with van der Waals surface area (Å²) in [6, 6.07) is 11.5. The fourth-order valence-electron chi connectivity index (χ4n) is 1.97. The van der Waals surface area contributed by atoms with Gasteiger partial charge in [0.1, 0.15) is 18.1 Å². The molecule has 0 saturated heterocycles. The van der Waals surface area contributed by atoms with E-state index in [1.165, 1.54) is 0 Å². The lowest BCUT2D eigenvalue weighted by molar-refractivity contribution is 0.300. The van der Waals surface area contributed by atoms with Crippen LogP contribution in [-0.4, -0.2) is 14.2 Å². The SMILES string of the molecule is CNCc1c(Cl)cccc1OCc1cc(OC)ccc1Br. The maximum Gasteiger partial charge on any atom is 0.125 e. The highest BCUT2D eigenvalue weighted by Gasteiger charge is 2.09. The quantitative estimate of drug-likeness (QED) is 0.817. The minimum atomic E-state index is 0.439. The largest absolute Gasteiger partial charge is 0.497 e. The lowest BCUT2D eigenvalue weighted by Crippen LogP contribution is -2.08.